The highest BCUT2D eigenvalue weighted by Crippen LogP contribution is 2.18. The second-order valence-electron chi connectivity index (χ2n) is 3.23. The van der Waals surface area contributed by atoms with Crippen molar-refractivity contribution in [3.63, 3.8) is 0 Å². The average Bonchev–Trinajstić information content (AvgIpc) is 1.85. The van der Waals surface area contributed by atoms with Crippen molar-refractivity contribution >= 4 is 17.1 Å². The summed E-state index contributed by atoms with van der Waals surface area (Å²) in [6.07, 6.45) is 1.52. The van der Waals surface area contributed by atoms with Gasteiger partial charge in [0.25, 0.3) is 0 Å². The van der Waals surface area contributed by atoms with E-state index in [4.69, 9.17) is 5.11 Å². The minimum atomic E-state index is 0. The molecular formula is C8H18ClNO2S. The fraction of sp³-hybridized carbons (Fsp3) is 0.875. The molecule has 0 aliphatic rings. The lowest BCUT2D eigenvalue weighted by Gasteiger charge is -2.24. The first kappa shape index (κ1) is 15.7. The number of aliphatic hydroxyl groups excluding tert-OH is 1. The molecule has 0 unspecified atom stereocenters. The van der Waals surface area contributed by atoms with E-state index in [2.05, 4.69) is 0 Å². The molecule has 5 heteroatoms. The highest BCUT2D eigenvalue weighted by molar-refractivity contribution is 8.08. The van der Waals surface area contributed by atoms with Crippen LogP contribution in [0.15, 0.2) is 0 Å². The molecule has 0 aromatic heterocycles. The van der Waals surface area contributed by atoms with Crippen molar-refractivity contribution in [3.8, 4) is 0 Å². The number of carbonyl (C=O) groups excluding carboxylic acids is 1. The van der Waals surface area contributed by atoms with Crippen molar-refractivity contribution in [3.05, 3.63) is 0 Å². The van der Waals surface area contributed by atoms with E-state index in [0.29, 0.717) is 16.9 Å². The Morgan fingerprint density at radius 3 is 2.38 bits per heavy atom. The van der Waals surface area contributed by atoms with Gasteiger partial charge in [-0.1, -0.05) is 6.92 Å². The van der Waals surface area contributed by atoms with Gasteiger partial charge in [-0.25, -0.2) is 0 Å². The minimum Gasteiger partial charge on any atom is -1.00 e. The van der Waals surface area contributed by atoms with Crippen molar-refractivity contribution < 1.29 is 26.2 Å². The Hall–Kier alpha value is 0.230. The molecule has 0 atom stereocenters. The lowest BCUT2D eigenvalue weighted by Crippen LogP contribution is -3.00. The van der Waals surface area contributed by atoms with Gasteiger partial charge in [-0.3, -0.25) is 8.68 Å². The van der Waals surface area contributed by atoms with Crippen LogP contribution in [0.25, 0.3) is 0 Å². The fourth-order valence-electron chi connectivity index (χ4n) is 0.812. The Bertz CT molecular complexity index is 153. The molecule has 13 heavy (non-hydrogen) atoms. The summed E-state index contributed by atoms with van der Waals surface area (Å²) in [5, 5.41) is 8.91. The zero-order valence-electron chi connectivity index (χ0n) is 8.42. The Balaban J connectivity index is 0. The number of aliphatic hydroxyl groups is 1. The molecule has 0 rings (SSSR count). The summed E-state index contributed by atoms with van der Waals surface area (Å²) in [4.78, 5) is 11.2. The maximum atomic E-state index is 11.2. The van der Waals surface area contributed by atoms with Gasteiger partial charge in [0.2, 0.25) is 5.12 Å². The van der Waals surface area contributed by atoms with E-state index in [1.165, 1.54) is 11.9 Å². The first-order chi connectivity index (χ1) is 5.52. The Morgan fingerprint density at radius 1 is 1.46 bits per heavy atom. The Morgan fingerprint density at radius 2 is 2.00 bits per heavy atom. The zero-order chi connectivity index (χ0) is 9.61. The number of nitrogens with zero attached hydrogens (tertiary/aromatic N) is 1. The van der Waals surface area contributed by atoms with Crippen molar-refractivity contribution in [2.75, 3.05) is 27.2 Å². The van der Waals surface area contributed by atoms with Gasteiger partial charge in [0, 0.05) is 6.42 Å². The normalized spacial score (nSPS) is 10.8. The molecule has 0 aromatic rings. The highest BCUT2D eigenvalue weighted by Gasteiger charge is 2.21. The number of halogens is 1. The first-order valence-electron chi connectivity index (χ1n) is 4.18. The average molecular weight is 228 g/mol. The molecule has 80 valence electrons. The van der Waals surface area contributed by atoms with Crippen molar-refractivity contribution in [2.24, 2.45) is 0 Å². The SMILES string of the molecule is CCCC(=O)S[N+](C)(C)CCO.[Cl-]. The quantitative estimate of drug-likeness (QED) is 0.438. The smallest absolute Gasteiger partial charge is 0.246 e. The van der Waals surface area contributed by atoms with Gasteiger partial charge in [0.05, 0.1) is 20.7 Å². The molecule has 0 amide bonds. The van der Waals surface area contributed by atoms with Gasteiger partial charge in [-0.05, 0) is 6.42 Å². The van der Waals surface area contributed by atoms with Crippen LogP contribution in [0, 0.1) is 0 Å². The van der Waals surface area contributed by atoms with Crippen molar-refractivity contribution in [1.82, 2.24) is 0 Å². The lowest BCUT2D eigenvalue weighted by atomic mass is 10.4. The number of hydrogen-bond acceptors (Lipinski definition) is 3. The molecule has 0 saturated carbocycles. The van der Waals surface area contributed by atoms with Crippen LogP contribution in [0.3, 0.4) is 0 Å². The van der Waals surface area contributed by atoms with E-state index >= 15 is 0 Å². The molecule has 0 aromatic carbocycles. The van der Waals surface area contributed by atoms with Crippen LogP contribution < -0.4 is 12.4 Å². The lowest BCUT2D eigenvalue weighted by molar-refractivity contribution is -0.750. The van der Waals surface area contributed by atoms with Crippen LogP contribution in [-0.2, 0) is 4.79 Å². The van der Waals surface area contributed by atoms with Gasteiger partial charge in [0.15, 0.2) is 11.9 Å². The molecule has 0 aliphatic carbocycles. The van der Waals surface area contributed by atoms with Crippen molar-refractivity contribution in [1.29, 1.82) is 0 Å². The topological polar surface area (TPSA) is 37.3 Å². The molecule has 0 bridgehead atoms. The predicted molar refractivity (Wildman–Crippen MR) is 51.6 cm³/mol. The van der Waals surface area contributed by atoms with E-state index in [1.807, 2.05) is 21.0 Å². The number of hydrogen-bond donors (Lipinski definition) is 1. The molecule has 0 fully saturated rings. The third kappa shape index (κ3) is 8.56. The monoisotopic (exact) mass is 227 g/mol. The first-order valence-corrected chi connectivity index (χ1v) is 4.95. The van der Waals surface area contributed by atoms with Crippen molar-refractivity contribution in [2.45, 2.75) is 19.8 Å². The second kappa shape index (κ2) is 7.62. The van der Waals surface area contributed by atoms with Crippen LogP contribution in [-0.4, -0.2) is 41.4 Å². The molecule has 0 heterocycles. The largest absolute Gasteiger partial charge is 1.00 e. The molecular weight excluding hydrogens is 210 g/mol. The number of quaternary nitrogens is 1. The molecule has 3 nitrogen and oxygen atoms in total. The van der Waals surface area contributed by atoms with Gasteiger partial charge in [-0.2, -0.15) is 0 Å². The van der Waals surface area contributed by atoms with Crippen LogP contribution in [0.4, 0.5) is 0 Å². The van der Waals surface area contributed by atoms with Crippen LogP contribution >= 0.6 is 11.9 Å². The maximum absolute atomic E-state index is 11.2. The second-order valence-corrected chi connectivity index (χ2v) is 4.86. The van der Waals surface area contributed by atoms with Crippen LogP contribution in [0.2, 0.25) is 0 Å². The minimum absolute atomic E-state index is 0. The number of carbonyl (C=O) groups is 1. The van der Waals surface area contributed by atoms with E-state index < -0.39 is 0 Å². The summed E-state index contributed by atoms with van der Waals surface area (Å²) in [7, 11) is 3.85. The molecule has 0 aliphatic heterocycles. The summed E-state index contributed by atoms with van der Waals surface area (Å²) < 4.78 is 0.509. The predicted octanol–water partition coefficient (Wildman–Crippen LogP) is -1.97. The summed E-state index contributed by atoms with van der Waals surface area (Å²) in [6, 6.07) is 0. The highest BCUT2D eigenvalue weighted by atomic mass is 35.5. The standard InChI is InChI=1S/C8H18NO2S.ClH/c1-4-5-8(11)12-9(2,3)6-7-10;/h10H,4-7H2,1-3H3;1H/q+1;/p-1. The van der Waals surface area contributed by atoms with Crippen LogP contribution in [0.1, 0.15) is 19.8 Å². The molecule has 0 saturated heterocycles. The van der Waals surface area contributed by atoms with E-state index in [0.717, 1.165) is 6.42 Å². The summed E-state index contributed by atoms with van der Waals surface area (Å²) in [5.74, 6) is 0. The third-order valence-corrected chi connectivity index (χ3v) is 2.53. The Labute approximate surface area is 90.6 Å². The van der Waals surface area contributed by atoms with Gasteiger partial charge < -0.3 is 17.5 Å². The summed E-state index contributed by atoms with van der Waals surface area (Å²) in [5.41, 5.74) is 0. The van der Waals surface area contributed by atoms with E-state index in [1.54, 1.807) is 0 Å². The van der Waals surface area contributed by atoms with Gasteiger partial charge in [0.1, 0.15) is 6.54 Å². The molecule has 0 radical (unpaired) electrons. The summed E-state index contributed by atoms with van der Waals surface area (Å²) >= 11 is 1.29. The fourth-order valence-corrected chi connectivity index (χ4v) is 1.83. The Kier molecular flexibility index (Phi) is 9.19. The number of likely N-dealkylation sites (N-methyl/N-ethyl adjacent to an activating group) is 1. The maximum Gasteiger partial charge on any atom is 0.246 e. The number of rotatable bonds is 5. The van der Waals surface area contributed by atoms with Crippen LogP contribution in [0.5, 0.6) is 0 Å². The summed E-state index contributed by atoms with van der Waals surface area (Å²) in [6.45, 7) is 2.73. The van der Waals surface area contributed by atoms with Gasteiger partial charge in [-0.15, -0.1) is 0 Å². The third-order valence-electron chi connectivity index (χ3n) is 1.44. The molecule has 1 N–H and O–H groups in total. The van der Waals surface area contributed by atoms with E-state index in [-0.39, 0.29) is 24.1 Å². The molecule has 0 spiro atoms. The zero-order valence-corrected chi connectivity index (χ0v) is 9.99. The van der Waals surface area contributed by atoms with Gasteiger partial charge >= 0.3 is 0 Å². The van der Waals surface area contributed by atoms with E-state index in [9.17, 15) is 4.79 Å².